The van der Waals surface area contributed by atoms with Gasteiger partial charge in [0.1, 0.15) is 4.88 Å². The van der Waals surface area contributed by atoms with E-state index in [0.717, 1.165) is 21.2 Å². The number of hydrogen-bond donors (Lipinski definition) is 1. The van der Waals surface area contributed by atoms with Gasteiger partial charge in [0.25, 0.3) is 0 Å². The fraction of sp³-hybridized carbons (Fsp3) is 0.0625. The maximum absolute atomic E-state index is 11.0. The Bertz CT molecular complexity index is 754. The number of thiophene rings is 1. The Morgan fingerprint density at radius 3 is 2.37 bits per heavy atom. The van der Waals surface area contributed by atoms with Crippen LogP contribution in [0.25, 0.3) is 21.2 Å². The van der Waals surface area contributed by atoms with E-state index in [-0.39, 0.29) is 0 Å². The minimum atomic E-state index is -0.863. The minimum Gasteiger partial charge on any atom is -0.477 e. The van der Waals surface area contributed by atoms with E-state index >= 15 is 0 Å². The van der Waals surface area contributed by atoms with Gasteiger partial charge < -0.3 is 5.11 Å². The molecule has 19 heavy (non-hydrogen) atoms. The lowest BCUT2D eigenvalue weighted by Crippen LogP contribution is -1.89. The van der Waals surface area contributed by atoms with Gasteiger partial charge in [-0.15, -0.1) is 11.3 Å². The molecule has 1 aromatic heterocycles. The summed E-state index contributed by atoms with van der Waals surface area (Å²) in [5.41, 5.74) is 3.50. The van der Waals surface area contributed by atoms with Crippen molar-refractivity contribution in [3.05, 3.63) is 59.0 Å². The van der Waals surface area contributed by atoms with Gasteiger partial charge in [0.2, 0.25) is 0 Å². The largest absolute Gasteiger partial charge is 0.477 e. The van der Waals surface area contributed by atoms with Gasteiger partial charge in [-0.05, 0) is 35.6 Å². The van der Waals surface area contributed by atoms with Crippen molar-refractivity contribution in [3.63, 3.8) is 0 Å². The molecule has 2 aromatic carbocycles. The standard InChI is InChI=1S/C16H12O2S/c1-10-2-4-11(5-3-10)12-6-7-13-9-15(16(17)18)19-14(13)8-12/h2-9H,1H3,(H,17,18). The molecule has 0 amide bonds. The Balaban J connectivity index is 2.10. The van der Waals surface area contributed by atoms with Crippen LogP contribution < -0.4 is 0 Å². The average Bonchev–Trinajstić information content (AvgIpc) is 2.82. The minimum absolute atomic E-state index is 0.385. The molecule has 0 aliphatic carbocycles. The summed E-state index contributed by atoms with van der Waals surface area (Å²) >= 11 is 1.32. The first-order valence-corrected chi connectivity index (χ1v) is 6.79. The van der Waals surface area contributed by atoms with Crippen molar-refractivity contribution in [2.75, 3.05) is 0 Å². The zero-order valence-corrected chi connectivity index (χ0v) is 11.2. The summed E-state index contributed by atoms with van der Waals surface area (Å²) in [5, 5.41) is 10.00. The third kappa shape index (κ3) is 2.25. The van der Waals surface area contributed by atoms with E-state index < -0.39 is 5.97 Å². The highest BCUT2D eigenvalue weighted by Crippen LogP contribution is 2.30. The van der Waals surface area contributed by atoms with E-state index in [4.69, 9.17) is 5.11 Å². The predicted octanol–water partition coefficient (Wildman–Crippen LogP) is 4.57. The summed E-state index contributed by atoms with van der Waals surface area (Å²) in [5.74, 6) is -0.863. The summed E-state index contributed by atoms with van der Waals surface area (Å²) in [4.78, 5) is 11.4. The maximum atomic E-state index is 11.0. The van der Waals surface area contributed by atoms with Crippen LogP contribution in [0.1, 0.15) is 15.2 Å². The monoisotopic (exact) mass is 268 g/mol. The van der Waals surface area contributed by atoms with E-state index in [1.54, 1.807) is 6.07 Å². The zero-order chi connectivity index (χ0) is 13.4. The van der Waals surface area contributed by atoms with Gasteiger partial charge in [0.15, 0.2) is 0 Å². The van der Waals surface area contributed by atoms with Gasteiger partial charge in [0.05, 0.1) is 0 Å². The lowest BCUT2D eigenvalue weighted by Gasteiger charge is -2.02. The smallest absolute Gasteiger partial charge is 0.345 e. The van der Waals surface area contributed by atoms with E-state index in [1.807, 2.05) is 12.1 Å². The fourth-order valence-corrected chi connectivity index (χ4v) is 3.00. The molecule has 0 bridgehead atoms. The SMILES string of the molecule is Cc1ccc(-c2ccc3cc(C(=O)O)sc3c2)cc1. The summed E-state index contributed by atoms with van der Waals surface area (Å²) in [6.07, 6.45) is 0. The summed E-state index contributed by atoms with van der Waals surface area (Å²) in [6, 6.07) is 16.1. The van der Waals surface area contributed by atoms with E-state index in [0.29, 0.717) is 4.88 Å². The number of aromatic carboxylic acids is 1. The Labute approximate surface area is 114 Å². The number of fused-ring (bicyclic) bond motifs is 1. The molecule has 3 rings (SSSR count). The third-order valence-corrected chi connectivity index (χ3v) is 4.20. The predicted molar refractivity (Wildman–Crippen MR) is 79.0 cm³/mol. The van der Waals surface area contributed by atoms with E-state index in [1.165, 1.54) is 16.9 Å². The second kappa shape index (κ2) is 4.52. The van der Waals surface area contributed by atoms with Crippen molar-refractivity contribution in [3.8, 4) is 11.1 Å². The van der Waals surface area contributed by atoms with E-state index in [9.17, 15) is 4.79 Å². The molecule has 0 fully saturated rings. The number of benzene rings is 2. The first-order chi connectivity index (χ1) is 9.13. The summed E-state index contributed by atoms with van der Waals surface area (Å²) < 4.78 is 1.01. The molecule has 0 unspecified atom stereocenters. The molecule has 0 spiro atoms. The molecule has 94 valence electrons. The molecule has 0 aliphatic heterocycles. The van der Waals surface area contributed by atoms with Crippen molar-refractivity contribution < 1.29 is 9.90 Å². The number of hydrogen-bond acceptors (Lipinski definition) is 2. The highest BCUT2D eigenvalue weighted by molar-refractivity contribution is 7.20. The second-order valence-electron chi connectivity index (χ2n) is 4.53. The molecule has 0 saturated heterocycles. The van der Waals surface area contributed by atoms with Crippen LogP contribution >= 0.6 is 11.3 Å². The van der Waals surface area contributed by atoms with Crippen molar-refractivity contribution in [1.82, 2.24) is 0 Å². The highest BCUT2D eigenvalue weighted by Gasteiger charge is 2.09. The van der Waals surface area contributed by atoms with Gasteiger partial charge in [-0.2, -0.15) is 0 Å². The van der Waals surface area contributed by atoms with Crippen molar-refractivity contribution in [1.29, 1.82) is 0 Å². The van der Waals surface area contributed by atoms with Crippen LogP contribution in [0, 0.1) is 6.92 Å². The molecule has 1 N–H and O–H groups in total. The summed E-state index contributed by atoms with van der Waals surface area (Å²) in [7, 11) is 0. The van der Waals surface area contributed by atoms with Gasteiger partial charge in [-0.25, -0.2) is 4.79 Å². The second-order valence-corrected chi connectivity index (χ2v) is 5.62. The van der Waals surface area contributed by atoms with Crippen LogP contribution in [0.5, 0.6) is 0 Å². The Hall–Kier alpha value is -2.13. The number of carboxylic acid groups (broad SMARTS) is 1. The van der Waals surface area contributed by atoms with Crippen LogP contribution in [0.3, 0.4) is 0 Å². The zero-order valence-electron chi connectivity index (χ0n) is 10.4. The lowest BCUT2D eigenvalue weighted by atomic mass is 10.0. The first-order valence-electron chi connectivity index (χ1n) is 5.97. The average molecular weight is 268 g/mol. The number of aryl methyl sites for hydroxylation is 1. The fourth-order valence-electron chi connectivity index (χ4n) is 2.06. The highest BCUT2D eigenvalue weighted by atomic mass is 32.1. The molecule has 2 nitrogen and oxygen atoms in total. The van der Waals surface area contributed by atoms with Crippen LogP contribution in [-0.4, -0.2) is 11.1 Å². The summed E-state index contributed by atoms with van der Waals surface area (Å²) in [6.45, 7) is 2.06. The lowest BCUT2D eigenvalue weighted by molar-refractivity contribution is 0.0702. The molecule has 0 radical (unpaired) electrons. The third-order valence-electron chi connectivity index (χ3n) is 3.12. The number of carbonyl (C=O) groups is 1. The molecule has 1 heterocycles. The van der Waals surface area contributed by atoms with Crippen LogP contribution in [0.15, 0.2) is 48.5 Å². The molecule has 3 aromatic rings. The molecular weight excluding hydrogens is 256 g/mol. The number of rotatable bonds is 2. The Morgan fingerprint density at radius 1 is 1.00 bits per heavy atom. The quantitative estimate of drug-likeness (QED) is 0.739. The van der Waals surface area contributed by atoms with Gasteiger partial charge >= 0.3 is 5.97 Å². The van der Waals surface area contributed by atoms with Crippen LogP contribution in [0.2, 0.25) is 0 Å². The van der Waals surface area contributed by atoms with Crippen molar-refractivity contribution >= 4 is 27.4 Å². The van der Waals surface area contributed by atoms with Crippen molar-refractivity contribution in [2.24, 2.45) is 0 Å². The first kappa shape index (κ1) is 11.9. The normalized spacial score (nSPS) is 10.8. The van der Waals surface area contributed by atoms with Gasteiger partial charge in [0, 0.05) is 4.70 Å². The van der Waals surface area contributed by atoms with Crippen LogP contribution in [-0.2, 0) is 0 Å². The van der Waals surface area contributed by atoms with E-state index in [2.05, 4.69) is 37.3 Å². The Morgan fingerprint density at radius 2 is 1.68 bits per heavy atom. The Kier molecular flexibility index (Phi) is 2.84. The molecule has 0 atom stereocenters. The van der Waals surface area contributed by atoms with Gasteiger partial charge in [-0.3, -0.25) is 0 Å². The van der Waals surface area contributed by atoms with Crippen LogP contribution in [0.4, 0.5) is 0 Å². The molecular formula is C16H12O2S. The topological polar surface area (TPSA) is 37.3 Å². The molecule has 3 heteroatoms. The number of carboxylic acids is 1. The van der Waals surface area contributed by atoms with Crippen molar-refractivity contribution in [2.45, 2.75) is 6.92 Å². The van der Waals surface area contributed by atoms with Gasteiger partial charge in [-0.1, -0.05) is 42.0 Å². The maximum Gasteiger partial charge on any atom is 0.345 e. The molecule has 0 aliphatic rings. The molecule has 0 saturated carbocycles.